The second-order valence-electron chi connectivity index (χ2n) is 3.98. The van der Waals surface area contributed by atoms with Crippen LogP contribution in [0.15, 0.2) is 18.2 Å². The summed E-state index contributed by atoms with van der Waals surface area (Å²) < 4.78 is 0. The van der Waals surface area contributed by atoms with Crippen molar-refractivity contribution in [2.45, 2.75) is 26.7 Å². The van der Waals surface area contributed by atoms with Crippen molar-refractivity contribution in [2.75, 3.05) is 18.0 Å². The van der Waals surface area contributed by atoms with Gasteiger partial charge >= 0.3 is 5.97 Å². The zero-order valence-electron chi connectivity index (χ0n) is 10.5. The van der Waals surface area contributed by atoms with Crippen molar-refractivity contribution < 1.29 is 15.0 Å². The Morgan fingerprint density at radius 1 is 1.35 bits per heavy atom. The lowest BCUT2D eigenvalue weighted by Crippen LogP contribution is -2.21. The number of carboxylic acids is 1. The highest BCUT2D eigenvalue weighted by Crippen LogP contribution is 2.30. The van der Waals surface area contributed by atoms with Crippen molar-refractivity contribution in [1.29, 1.82) is 0 Å². The molecule has 0 saturated heterocycles. The molecule has 0 spiro atoms. The van der Waals surface area contributed by atoms with Crippen LogP contribution in [0.3, 0.4) is 0 Å². The number of benzene rings is 1. The molecule has 2 N–H and O–H groups in total. The molecule has 0 heterocycles. The minimum atomic E-state index is -0.934. The third-order valence-electron chi connectivity index (χ3n) is 2.98. The number of hydrogen-bond donors (Lipinski definition) is 2. The second-order valence-corrected chi connectivity index (χ2v) is 3.98. The lowest BCUT2D eigenvalue weighted by atomic mass is 10.00. The van der Waals surface area contributed by atoms with Gasteiger partial charge in [-0.25, -0.2) is 0 Å². The molecule has 0 aliphatic carbocycles. The fourth-order valence-corrected chi connectivity index (χ4v) is 1.82. The van der Waals surface area contributed by atoms with Gasteiger partial charge in [0.25, 0.3) is 0 Å². The number of hydrogen-bond acceptors (Lipinski definition) is 3. The van der Waals surface area contributed by atoms with Gasteiger partial charge in [0, 0.05) is 30.4 Å². The maximum Gasteiger partial charge on any atom is 0.310 e. The third-order valence-corrected chi connectivity index (χ3v) is 2.98. The van der Waals surface area contributed by atoms with Gasteiger partial charge in [0.1, 0.15) is 5.75 Å². The number of nitrogens with zero attached hydrogens (tertiary/aromatic N) is 1. The van der Waals surface area contributed by atoms with Crippen LogP contribution in [0.1, 0.15) is 32.3 Å². The number of phenols is 1. The van der Waals surface area contributed by atoms with E-state index in [0.717, 1.165) is 18.8 Å². The molecule has 1 atom stereocenters. The Hall–Kier alpha value is -1.71. The molecule has 1 rings (SSSR count). The van der Waals surface area contributed by atoms with E-state index in [9.17, 15) is 9.90 Å². The average Bonchev–Trinajstić information content (AvgIpc) is 2.30. The fourth-order valence-electron chi connectivity index (χ4n) is 1.82. The van der Waals surface area contributed by atoms with Crippen LogP contribution in [0, 0.1) is 0 Å². The quantitative estimate of drug-likeness (QED) is 0.825. The molecule has 0 radical (unpaired) electrons. The van der Waals surface area contributed by atoms with Gasteiger partial charge in [0.2, 0.25) is 0 Å². The lowest BCUT2D eigenvalue weighted by Gasteiger charge is -2.22. The summed E-state index contributed by atoms with van der Waals surface area (Å²) >= 11 is 0. The van der Waals surface area contributed by atoms with Crippen LogP contribution in [-0.4, -0.2) is 29.3 Å². The summed E-state index contributed by atoms with van der Waals surface area (Å²) in [5, 5.41) is 18.8. The fraction of sp³-hybridized carbons (Fsp3) is 0.462. The highest BCUT2D eigenvalue weighted by atomic mass is 16.4. The largest absolute Gasteiger partial charge is 0.508 e. The van der Waals surface area contributed by atoms with Gasteiger partial charge < -0.3 is 15.1 Å². The first kappa shape index (κ1) is 13.4. The van der Waals surface area contributed by atoms with Gasteiger partial charge in [0.05, 0.1) is 5.92 Å². The molecule has 4 heteroatoms. The number of aliphatic carboxylic acids is 1. The van der Waals surface area contributed by atoms with E-state index >= 15 is 0 Å². The number of carboxylic acid groups (broad SMARTS) is 1. The molecule has 17 heavy (non-hydrogen) atoms. The average molecular weight is 237 g/mol. The van der Waals surface area contributed by atoms with E-state index in [-0.39, 0.29) is 5.75 Å². The highest BCUT2D eigenvalue weighted by molar-refractivity contribution is 5.77. The molecular formula is C13H19NO3. The van der Waals surface area contributed by atoms with Gasteiger partial charge in [-0.15, -0.1) is 0 Å². The predicted octanol–water partition coefficient (Wildman–Crippen LogP) is 2.43. The maximum atomic E-state index is 10.9. The zero-order valence-corrected chi connectivity index (χ0v) is 10.5. The minimum absolute atomic E-state index is 0.0456. The molecule has 0 bridgehead atoms. The van der Waals surface area contributed by atoms with Crippen molar-refractivity contribution >= 4 is 11.7 Å². The first-order chi connectivity index (χ1) is 8.01. The zero-order chi connectivity index (χ0) is 13.0. The SMILES string of the molecule is CCN(CC)c1ccc(C(C)C(=O)O)c(O)c1. The van der Waals surface area contributed by atoms with Crippen LogP contribution in [0.2, 0.25) is 0 Å². The number of anilines is 1. The highest BCUT2D eigenvalue weighted by Gasteiger charge is 2.18. The monoisotopic (exact) mass is 237 g/mol. The summed E-state index contributed by atoms with van der Waals surface area (Å²) in [6.45, 7) is 7.34. The summed E-state index contributed by atoms with van der Waals surface area (Å²) in [7, 11) is 0. The molecule has 0 aliphatic rings. The Kier molecular flexibility index (Phi) is 4.37. The summed E-state index contributed by atoms with van der Waals surface area (Å²) in [6, 6.07) is 5.16. The van der Waals surface area contributed by atoms with Gasteiger partial charge in [-0.3, -0.25) is 4.79 Å². The summed E-state index contributed by atoms with van der Waals surface area (Å²) in [6.07, 6.45) is 0. The van der Waals surface area contributed by atoms with Crippen LogP contribution >= 0.6 is 0 Å². The van der Waals surface area contributed by atoms with Crippen LogP contribution in [-0.2, 0) is 4.79 Å². The van der Waals surface area contributed by atoms with Crippen molar-refractivity contribution in [2.24, 2.45) is 0 Å². The van der Waals surface area contributed by atoms with E-state index in [2.05, 4.69) is 4.90 Å². The molecule has 0 fully saturated rings. The van der Waals surface area contributed by atoms with Crippen molar-refractivity contribution in [1.82, 2.24) is 0 Å². The molecule has 1 aromatic carbocycles. The first-order valence-corrected chi connectivity index (χ1v) is 5.81. The van der Waals surface area contributed by atoms with E-state index in [0.29, 0.717) is 5.56 Å². The molecular weight excluding hydrogens is 218 g/mol. The number of phenolic OH excluding ortho intramolecular Hbond substituents is 1. The Labute approximate surface area is 101 Å². The smallest absolute Gasteiger partial charge is 0.310 e. The van der Waals surface area contributed by atoms with E-state index < -0.39 is 11.9 Å². The van der Waals surface area contributed by atoms with Crippen LogP contribution in [0.4, 0.5) is 5.69 Å². The first-order valence-electron chi connectivity index (χ1n) is 5.81. The van der Waals surface area contributed by atoms with Gasteiger partial charge in [-0.2, -0.15) is 0 Å². The van der Waals surface area contributed by atoms with Crippen LogP contribution < -0.4 is 4.90 Å². The Morgan fingerprint density at radius 3 is 2.35 bits per heavy atom. The second kappa shape index (κ2) is 5.57. The van der Waals surface area contributed by atoms with E-state index in [1.54, 1.807) is 19.1 Å². The summed E-state index contributed by atoms with van der Waals surface area (Å²) in [5.74, 6) is -1.58. The predicted molar refractivity (Wildman–Crippen MR) is 67.7 cm³/mol. The molecule has 1 unspecified atom stereocenters. The van der Waals surface area contributed by atoms with Crippen molar-refractivity contribution in [3.8, 4) is 5.75 Å². The minimum Gasteiger partial charge on any atom is -0.508 e. The molecule has 0 aliphatic heterocycles. The summed E-state index contributed by atoms with van der Waals surface area (Å²) in [4.78, 5) is 13.0. The van der Waals surface area contributed by atoms with Gasteiger partial charge in [-0.05, 0) is 26.8 Å². The van der Waals surface area contributed by atoms with Crippen LogP contribution in [0.25, 0.3) is 0 Å². The molecule has 1 aromatic rings. The van der Waals surface area contributed by atoms with Crippen molar-refractivity contribution in [3.05, 3.63) is 23.8 Å². The Bertz CT molecular complexity index is 400. The Morgan fingerprint density at radius 2 is 1.94 bits per heavy atom. The molecule has 0 amide bonds. The van der Waals surface area contributed by atoms with Gasteiger partial charge in [-0.1, -0.05) is 6.07 Å². The molecule has 0 aromatic heterocycles. The topological polar surface area (TPSA) is 60.8 Å². The van der Waals surface area contributed by atoms with Crippen molar-refractivity contribution in [3.63, 3.8) is 0 Å². The van der Waals surface area contributed by atoms with E-state index in [1.807, 2.05) is 19.9 Å². The molecule has 0 saturated carbocycles. The lowest BCUT2D eigenvalue weighted by molar-refractivity contribution is -0.138. The van der Waals surface area contributed by atoms with Gasteiger partial charge in [0.15, 0.2) is 0 Å². The van der Waals surface area contributed by atoms with Crippen LogP contribution in [0.5, 0.6) is 5.75 Å². The number of aromatic hydroxyl groups is 1. The van der Waals surface area contributed by atoms with E-state index in [1.165, 1.54) is 0 Å². The normalized spacial score (nSPS) is 12.2. The third kappa shape index (κ3) is 2.90. The molecule has 94 valence electrons. The molecule has 4 nitrogen and oxygen atoms in total. The Balaban J connectivity index is 3.05. The standard InChI is InChI=1S/C13H19NO3/c1-4-14(5-2)10-6-7-11(12(15)8-10)9(3)13(16)17/h6-9,15H,4-5H2,1-3H3,(H,16,17). The number of carbonyl (C=O) groups is 1. The van der Waals surface area contributed by atoms with E-state index in [4.69, 9.17) is 5.11 Å². The summed E-state index contributed by atoms with van der Waals surface area (Å²) in [5.41, 5.74) is 1.36. The maximum absolute atomic E-state index is 10.9. The number of rotatable bonds is 5.